The Morgan fingerprint density at radius 2 is 1.59 bits per heavy atom. The van der Waals surface area contributed by atoms with Gasteiger partial charge >= 0.3 is 0 Å². The lowest BCUT2D eigenvalue weighted by molar-refractivity contribution is 0.472. The van der Waals surface area contributed by atoms with Gasteiger partial charge < -0.3 is 14.9 Å². The summed E-state index contributed by atoms with van der Waals surface area (Å²) in [5.74, 6) is 0.113. The molecule has 4 aromatic carbocycles. The van der Waals surface area contributed by atoms with Gasteiger partial charge in [-0.1, -0.05) is 54.6 Å². The number of phenols is 2. The fraction of sp³-hybridized carbons (Fsp3) is 0.0800. The Balaban J connectivity index is 1.76. The van der Waals surface area contributed by atoms with Crippen molar-refractivity contribution >= 4 is 38.2 Å². The predicted molar refractivity (Wildman–Crippen MR) is 128 cm³/mol. The van der Waals surface area contributed by atoms with E-state index in [9.17, 15) is 14.4 Å². The second-order valence-electron chi connectivity index (χ2n) is 7.68. The molecule has 1 aromatic heterocycles. The molecule has 0 aliphatic rings. The van der Waals surface area contributed by atoms with E-state index in [1.54, 1.807) is 25.1 Å². The molecular formula is C25H21N3O3S. The molecule has 0 spiro atoms. The zero-order valence-corrected chi connectivity index (χ0v) is 18.3. The number of benzene rings is 4. The maximum Gasteiger partial charge on any atom is 0.154 e. The van der Waals surface area contributed by atoms with Crippen LogP contribution >= 0.6 is 0 Å². The molecule has 1 heterocycles. The molecule has 0 fully saturated rings. The molecule has 0 aliphatic heterocycles. The molecular weight excluding hydrogens is 422 g/mol. The van der Waals surface area contributed by atoms with E-state index in [0.29, 0.717) is 32.8 Å². The first-order valence-electron chi connectivity index (χ1n) is 10.1. The van der Waals surface area contributed by atoms with Gasteiger partial charge in [-0.05, 0) is 36.8 Å². The second kappa shape index (κ2) is 7.69. The van der Waals surface area contributed by atoms with Crippen LogP contribution in [0.2, 0.25) is 0 Å². The SMILES string of the molecule is Cc1n[nH]c(C)c1S(=O)Nc1cc(-c2c(O)ccc3ccccc23)c(O)c2ccccc12. The van der Waals surface area contributed by atoms with E-state index >= 15 is 0 Å². The number of aryl methyl sites for hydroxylation is 2. The van der Waals surface area contributed by atoms with Crippen molar-refractivity contribution in [3.63, 3.8) is 0 Å². The largest absolute Gasteiger partial charge is 0.507 e. The monoisotopic (exact) mass is 443 g/mol. The lowest BCUT2D eigenvalue weighted by Crippen LogP contribution is -2.07. The van der Waals surface area contributed by atoms with Crippen molar-refractivity contribution in [3.8, 4) is 22.6 Å². The zero-order chi connectivity index (χ0) is 22.4. The van der Waals surface area contributed by atoms with Crippen molar-refractivity contribution in [1.29, 1.82) is 0 Å². The van der Waals surface area contributed by atoms with Crippen molar-refractivity contribution in [2.24, 2.45) is 0 Å². The summed E-state index contributed by atoms with van der Waals surface area (Å²) in [6, 6.07) is 20.2. The third-order valence-electron chi connectivity index (χ3n) is 5.64. The number of hydrogen-bond donors (Lipinski definition) is 4. The summed E-state index contributed by atoms with van der Waals surface area (Å²) in [4.78, 5) is 0.594. The maximum atomic E-state index is 13.2. The van der Waals surface area contributed by atoms with Gasteiger partial charge in [-0.2, -0.15) is 5.10 Å². The van der Waals surface area contributed by atoms with Crippen molar-refractivity contribution in [2.45, 2.75) is 18.7 Å². The molecule has 0 bridgehead atoms. The summed E-state index contributed by atoms with van der Waals surface area (Å²) >= 11 is 0. The van der Waals surface area contributed by atoms with Gasteiger partial charge in [0, 0.05) is 21.9 Å². The van der Waals surface area contributed by atoms with E-state index in [1.807, 2.05) is 55.5 Å². The lowest BCUT2D eigenvalue weighted by atomic mass is 9.93. The number of anilines is 1. The molecule has 0 radical (unpaired) electrons. The highest BCUT2D eigenvalue weighted by Gasteiger charge is 2.20. The van der Waals surface area contributed by atoms with Crippen LogP contribution in [0, 0.1) is 13.8 Å². The number of nitrogens with one attached hydrogen (secondary N) is 2. The third-order valence-corrected chi connectivity index (χ3v) is 7.02. The second-order valence-corrected chi connectivity index (χ2v) is 8.83. The summed E-state index contributed by atoms with van der Waals surface area (Å²) in [6.07, 6.45) is 0. The highest BCUT2D eigenvalue weighted by molar-refractivity contribution is 7.86. The van der Waals surface area contributed by atoms with E-state index in [0.717, 1.165) is 21.9 Å². The van der Waals surface area contributed by atoms with Gasteiger partial charge in [0.05, 0.1) is 17.1 Å². The van der Waals surface area contributed by atoms with Gasteiger partial charge in [0.1, 0.15) is 16.4 Å². The third kappa shape index (κ3) is 3.18. The summed E-state index contributed by atoms with van der Waals surface area (Å²) in [5.41, 5.74) is 2.94. The van der Waals surface area contributed by atoms with Gasteiger partial charge in [-0.25, -0.2) is 4.21 Å². The topological polar surface area (TPSA) is 98.2 Å². The van der Waals surface area contributed by atoms with Crippen LogP contribution in [0.5, 0.6) is 11.5 Å². The van der Waals surface area contributed by atoms with Gasteiger partial charge in [-0.15, -0.1) is 0 Å². The van der Waals surface area contributed by atoms with Crippen LogP contribution in [-0.4, -0.2) is 24.6 Å². The van der Waals surface area contributed by atoms with Crippen molar-refractivity contribution < 1.29 is 14.4 Å². The minimum Gasteiger partial charge on any atom is -0.507 e. The molecule has 5 rings (SSSR count). The standard InChI is InChI=1S/C25H21N3O3S/c1-14-25(15(2)27-26-14)32(31)28-21-13-20(24(30)19-10-6-5-9-18(19)21)23-17-8-4-3-7-16(17)11-12-22(23)29/h3-13,28-30H,1-2H3,(H,26,27). The minimum absolute atomic E-state index is 0.0549. The van der Waals surface area contributed by atoms with Gasteiger partial charge in [0.15, 0.2) is 11.0 Å². The van der Waals surface area contributed by atoms with Crippen molar-refractivity contribution in [1.82, 2.24) is 10.2 Å². The van der Waals surface area contributed by atoms with Crippen molar-refractivity contribution in [2.75, 3.05) is 4.72 Å². The first-order valence-corrected chi connectivity index (χ1v) is 11.3. The van der Waals surface area contributed by atoms with Crippen LogP contribution < -0.4 is 4.72 Å². The fourth-order valence-corrected chi connectivity index (χ4v) is 5.25. The van der Waals surface area contributed by atoms with E-state index in [4.69, 9.17) is 0 Å². The van der Waals surface area contributed by atoms with Crippen LogP contribution in [0.15, 0.2) is 71.6 Å². The Bertz CT molecular complexity index is 1500. The quantitative estimate of drug-likeness (QED) is 0.274. The molecule has 1 unspecified atom stereocenters. The van der Waals surface area contributed by atoms with Gasteiger partial charge in [0.25, 0.3) is 0 Å². The van der Waals surface area contributed by atoms with Crippen LogP contribution in [0.1, 0.15) is 11.4 Å². The number of aromatic amines is 1. The molecule has 4 N–H and O–H groups in total. The summed E-state index contributed by atoms with van der Waals surface area (Å²) in [7, 11) is -1.57. The number of phenolic OH excluding ortho intramolecular Hbond substituents is 2. The molecule has 6 nitrogen and oxygen atoms in total. The highest BCUT2D eigenvalue weighted by Crippen LogP contribution is 2.46. The number of rotatable bonds is 4. The Labute approximate surface area is 187 Å². The molecule has 0 saturated heterocycles. The van der Waals surface area contributed by atoms with Gasteiger partial charge in [0.2, 0.25) is 0 Å². The molecule has 5 aromatic rings. The van der Waals surface area contributed by atoms with E-state index in [1.165, 1.54) is 0 Å². The zero-order valence-electron chi connectivity index (χ0n) is 17.5. The Morgan fingerprint density at radius 1 is 0.906 bits per heavy atom. The van der Waals surface area contributed by atoms with Crippen LogP contribution in [0.25, 0.3) is 32.7 Å². The summed E-state index contributed by atoms with van der Waals surface area (Å²) in [6.45, 7) is 3.62. The number of aromatic nitrogens is 2. The molecule has 1 atom stereocenters. The normalized spacial score (nSPS) is 12.3. The maximum absolute atomic E-state index is 13.2. The van der Waals surface area contributed by atoms with Crippen LogP contribution in [0.4, 0.5) is 5.69 Å². The summed E-state index contributed by atoms with van der Waals surface area (Å²) in [5, 5.41) is 32.0. The highest BCUT2D eigenvalue weighted by atomic mass is 32.2. The number of nitrogens with zero attached hydrogens (tertiary/aromatic N) is 1. The van der Waals surface area contributed by atoms with Crippen LogP contribution in [0.3, 0.4) is 0 Å². The molecule has 0 saturated carbocycles. The van der Waals surface area contributed by atoms with Crippen molar-refractivity contribution in [3.05, 3.63) is 78.1 Å². The average Bonchev–Trinajstić information content (AvgIpc) is 3.14. The lowest BCUT2D eigenvalue weighted by Gasteiger charge is -2.17. The number of aromatic hydroxyl groups is 2. The first kappa shape index (κ1) is 20.1. The van der Waals surface area contributed by atoms with E-state index < -0.39 is 11.0 Å². The Hall–Kier alpha value is -3.84. The smallest absolute Gasteiger partial charge is 0.154 e. The minimum atomic E-state index is -1.57. The molecule has 0 aliphatic carbocycles. The van der Waals surface area contributed by atoms with E-state index in [2.05, 4.69) is 14.9 Å². The van der Waals surface area contributed by atoms with Crippen LogP contribution in [-0.2, 0) is 11.0 Å². The van der Waals surface area contributed by atoms with E-state index in [-0.39, 0.29) is 11.5 Å². The number of fused-ring (bicyclic) bond motifs is 2. The summed E-state index contributed by atoms with van der Waals surface area (Å²) < 4.78 is 16.3. The molecule has 32 heavy (non-hydrogen) atoms. The predicted octanol–water partition coefficient (Wildman–Crippen LogP) is 5.55. The molecule has 7 heteroatoms. The molecule has 160 valence electrons. The fourth-order valence-electron chi connectivity index (χ4n) is 4.14. The van der Waals surface area contributed by atoms with Gasteiger partial charge in [-0.3, -0.25) is 5.10 Å². The Morgan fingerprint density at radius 3 is 2.31 bits per heavy atom. The number of H-pyrrole nitrogens is 1. The Kier molecular flexibility index (Phi) is 4.83. The molecule has 0 amide bonds. The first-order chi connectivity index (χ1) is 15.5. The number of hydrogen-bond acceptors (Lipinski definition) is 4. The average molecular weight is 444 g/mol.